The average molecular weight is 346 g/mol. The molecule has 1 aliphatic heterocycles. The van der Waals surface area contributed by atoms with Gasteiger partial charge in [-0.1, -0.05) is 26.8 Å². The molecule has 0 atom stereocenters. The van der Waals surface area contributed by atoms with Crippen molar-refractivity contribution in [2.24, 2.45) is 0 Å². The van der Waals surface area contributed by atoms with Crippen LogP contribution in [-0.2, 0) is 5.41 Å². The molecule has 2 N–H and O–H groups in total. The van der Waals surface area contributed by atoms with Gasteiger partial charge in [-0.3, -0.25) is 4.98 Å². The summed E-state index contributed by atoms with van der Waals surface area (Å²) in [4.78, 5) is 13.1. The van der Waals surface area contributed by atoms with Gasteiger partial charge in [-0.05, 0) is 37.3 Å². The fraction of sp³-hybridized carbons (Fsp3) is 0.238. The highest BCUT2D eigenvalue weighted by Gasteiger charge is 2.23. The number of aryl methyl sites for hydroxylation is 1. The smallest absolute Gasteiger partial charge is 0.150 e. The summed E-state index contributed by atoms with van der Waals surface area (Å²) in [7, 11) is 0. The molecule has 3 aromatic rings. The van der Waals surface area contributed by atoms with Gasteiger partial charge in [0.15, 0.2) is 0 Å². The van der Waals surface area contributed by atoms with Gasteiger partial charge in [-0.2, -0.15) is 0 Å². The van der Waals surface area contributed by atoms with E-state index in [-0.39, 0.29) is 5.41 Å². The van der Waals surface area contributed by atoms with Crippen molar-refractivity contribution < 1.29 is 4.74 Å². The zero-order valence-electron chi connectivity index (χ0n) is 15.4. The van der Waals surface area contributed by atoms with E-state index in [9.17, 15) is 0 Å². The first-order valence-corrected chi connectivity index (χ1v) is 8.69. The molecule has 0 bridgehead atoms. The number of nitrogens with zero attached hydrogens (tertiary/aromatic N) is 2. The van der Waals surface area contributed by atoms with Crippen LogP contribution < -0.4 is 10.1 Å². The van der Waals surface area contributed by atoms with Crippen molar-refractivity contribution in [2.45, 2.75) is 33.1 Å². The minimum Gasteiger partial charge on any atom is -0.461 e. The van der Waals surface area contributed by atoms with Crippen LogP contribution >= 0.6 is 0 Å². The first-order valence-electron chi connectivity index (χ1n) is 8.69. The lowest BCUT2D eigenvalue weighted by atomic mass is 9.96. The van der Waals surface area contributed by atoms with Crippen molar-refractivity contribution in [3.05, 3.63) is 60.4 Å². The zero-order valence-corrected chi connectivity index (χ0v) is 15.4. The Labute approximate surface area is 153 Å². The Morgan fingerprint density at radius 2 is 1.88 bits per heavy atom. The second kappa shape index (κ2) is 6.02. The number of imidazole rings is 1. The highest BCUT2D eigenvalue weighted by Crippen LogP contribution is 2.37. The predicted octanol–water partition coefficient (Wildman–Crippen LogP) is 5.02. The molecule has 0 saturated carbocycles. The van der Waals surface area contributed by atoms with Gasteiger partial charge in [0.05, 0.1) is 22.8 Å². The normalized spacial score (nSPS) is 13.1. The molecular formula is C21H22N4O. The molecule has 0 saturated heterocycles. The third-order valence-corrected chi connectivity index (χ3v) is 4.31. The number of H-pyrrole nitrogens is 1. The summed E-state index contributed by atoms with van der Waals surface area (Å²) in [5.41, 5.74) is 5.55. The van der Waals surface area contributed by atoms with Gasteiger partial charge in [-0.15, -0.1) is 0 Å². The molecule has 2 aromatic heterocycles. The van der Waals surface area contributed by atoms with Gasteiger partial charge < -0.3 is 15.0 Å². The molecule has 0 spiro atoms. The maximum absolute atomic E-state index is 5.52. The predicted molar refractivity (Wildman–Crippen MR) is 104 cm³/mol. The zero-order chi connectivity index (χ0) is 18.3. The number of aromatic nitrogens is 3. The lowest BCUT2D eigenvalue weighted by Gasteiger charge is -2.14. The Balaban J connectivity index is 1.89. The standard InChI is InChI=1S/C21H22N4O/c1-13-6-5-7-15(23-13)19-18(24-20(25-19)21(2,3)4)14-8-9-17-16(12-14)22-10-11-26-17/h5-12,22H,1-4H3,(H,24,25). The van der Waals surface area contributed by atoms with Crippen LogP contribution in [0.4, 0.5) is 5.69 Å². The maximum atomic E-state index is 5.52. The van der Waals surface area contributed by atoms with E-state index in [1.165, 1.54) is 0 Å². The van der Waals surface area contributed by atoms with E-state index in [1.807, 2.05) is 37.3 Å². The quantitative estimate of drug-likeness (QED) is 0.684. The summed E-state index contributed by atoms with van der Waals surface area (Å²) in [6.07, 6.45) is 3.41. The number of rotatable bonds is 2. The largest absolute Gasteiger partial charge is 0.461 e. The molecule has 0 unspecified atom stereocenters. The molecule has 5 heteroatoms. The van der Waals surface area contributed by atoms with Crippen LogP contribution in [0.5, 0.6) is 5.75 Å². The van der Waals surface area contributed by atoms with Gasteiger partial charge >= 0.3 is 0 Å². The third-order valence-electron chi connectivity index (χ3n) is 4.31. The summed E-state index contributed by atoms with van der Waals surface area (Å²) in [5.74, 6) is 1.74. The number of benzene rings is 1. The van der Waals surface area contributed by atoms with E-state index in [1.54, 1.807) is 12.5 Å². The van der Waals surface area contributed by atoms with Crippen LogP contribution in [0, 0.1) is 6.92 Å². The molecule has 0 aliphatic carbocycles. The molecule has 3 heterocycles. The molecule has 5 nitrogen and oxygen atoms in total. The van der Waals surface area contributed by atoms with Gasteiger partial charge in [0, 0.05) is 22.9 Å². The number of nitrogens with one attached hydrogen (secondary N) is 2. The van der Waals surface area contributed by atoms with Crippen LogP contribution in [0.3, 0.4) is 0 Å². The molecule has 1 aromatic carbocycles. The van der Waals surface area contributed by atoms with Gasteiger partial charge in [0.2, 0.25) is 0 Å². The summed E-state index contributed by atoms with van der Waals surface area (Å²) in [6, 6.07) is 12.1. The average Bonchev–Trinajstić information content (AvgIpc) is 3.07. The van der Waals surface area contributed by atoms with E-state index < -0.39 is 0 Å². The van der Waals surface area contributed by atoms with Crippen molar-refractivity contribution in [3.63, 3.8) is 0 Å². The molecule has 0 fully saturated rings. The highest BCUT2D eigenvalue weighted by molar-refractivity contribution is 5.80. The van der Waals surface area contributed by atoms with Crippen molar-refractivity contribution in [2.75, 3.05) is 5.32 Å². The Morgan fingerprint density at radius 3 is 2.65 bits per heavy atom. The second-order valence-corrected chi connectivity index (χ2v) is 7.50. The number of hydrogen-bond donors (Lipinski definition) is 2. The Kier molecular flexibility index (Phi) is 3.80. The summed E-state index contributed by atoms with van der Waals surface area (Å²) < 4.78 is 5.52. The van der Waals surface area contributed by atoms with E-state index in [0.29, 0.717) is 0 Å². The number of anilines is 1. The molecular weight excluding hydrogens is 324 g/mol. The fourth-order valence-electron chi connectivity index (χ4n) is 2.93. The van der Waals surface area contributed by atoms with Crippen molar-refractivity contribution in [3.8, 4) is 28.4 Å². The summed E-state index contributed by atoms with van der Waals surface area (Å²) in [5, 5.41) is 3.22. The maximum Gasteiger partial charge on any atom is 0.150 e. The van der Waals surface area contributed by atoms with Crippen molar-refractivity contribution in [1.29, 1.82) is 0 Å². The van der Waals surface area contributed by atoms with Crippen LogP contribution in [-0.4, -0.2) is 15.0 Å². The Morgan fingerprint density at radius 1 is 1.04 bits per heavy atom. The third kappa shape index (κ3) is 2.96. The molecule has 26 heavy (non-hydrogen) atoms. The molecule has 0 amide bonds. The van der Waals surface area contributed by atoms with Crippen molar-refractivity contribution >= 4 is 5.69 Å². The Bertz CT molecular complexity index is 995. The molecule has 0 radical (unpaired) electrons. The van der Waals surface area contributed by atoms with Crippen molar-refractivity contribution in [1.82, 2.24) is 15.0 Å². The second-order valence-electron chi connectivity index (χ2n) is 7.50. The summed E-state index contributed by atoms with van der Waals surface area (Å²) in [6.45, 7) is 8.44. The first-order chi connectivity index (χ1) is 12.4. The van der Waals surface area contributed by atoms with Crippen LogP contribution in [0.15, 0.2) is 48.9 Å². The van der Waals surface area contributed by atoms with E-state index in [2.05, 4.69) is 42.1 Å². The lowest BCUT2D eigenvalue weighted by Crippen LogP contribution is -2.13. The number of ether oxygens (including phenoxy) is 1. The molecule has 132 valence electrons. The lowest BCUT2D eigenvalue weighted by molar-refractivity contribution is 0.477. The van der Waals surface area contributed by atoms with Crippen LogP contribution in [0.25, 0.3) is 22.6 Å². The topological polar surface area (TPSA) is 62.8 Å². The van der Waals surface area contributed by atoms with Gasteiger partial charge in [-0.25, -0.2) is 4.98 Å². The monoisotopic (exact) mass is 346 g/mol. The first kappa shape index (κ1) is 16.4. The molecule has 4 rings (SSSR count). The van der Waals surface area contributed by atoms with E-state index in [4.69, 9.17) is 9.72 Å². The number of pyridine rings is 1. The van der Waals surface area contributed by atoms with E-state index >= 15 is 0 Å². The van der Waals surface area contributed by atoms with Gasteiger partial charge in [0.25, 0.3) is 0 Å². The minimum absolute atomic E-state index is 0.0882. The fourth-order valence-corrected chi connectivity index (χ4v) is 2.93. The number of fused-ring (bicyclic) bond motifs is 1. The number of hydrogen-bond acceptors (Lipinski definition) is 4. The number of aromatic amines is 1. The van der Waals surface area contributed by atoms with E-state index in [0.717, 1.165) is 45.6 Å². The van der Waals surface area contributed by atoms with Gasteiger partial charge in [0.1, 0.15) is 17.8 Å². The summed E-state index contributed by atoms with van der Waals surface area (Å²) >= 11 is 0. The minimum atomic E-state index is -0.0882. The Hall–Kier alpha value is -3.08. The molecule has 1 aliphatic rings. The highest BCUT2D eigenvalue weighted by atomic mass is 16.5. The van der Waals surface area contributed by atoms with Crippen LogP contribution in [0.2, 0.25) is 0 Å². The SMILES string of the molecule is Cc1cccc(-c2[nH]c(C(C)(C)C)nc2-c2ccc3c(c2)NC=CO3)n1. The van der Waals surface area contributed by atoms with Crippen LogP contribution in [0.1, 0.15) is 32.3 Å².